The maximum absolute atomic E-state index is 11.9. The van der Waals surface area contributed by atoms with Gasteiger partial charge in [-0.05, 0) is 36.1 Å². The van der Waals surface area contributed by atoms with Gasteiger partial charge in [0.05, 0.1) is 22.8 Å². The van der Waals surface area contributed by atoms with Gasteiger partial charge in [0.2, 0.25) is 0 Å². The van der Waals surface area contributed by atoms with Crippen LogP contribution in [0.4, 0.5) is 4.79 Å². The van der Waals surface area contributed by atoms with Crippen molar-refractivity contribution in [2.24, 2.45) is 0 Å². The van der Waals surface area contributed by atoms with Crippen molar-refractivity contribution in [2.75, 3.05) is 26.2 Å². The Hall–Kier alpha value is -1.79. The van der Waals surface area contributed by atoms with Crippen LogP contribution in [0.15, 0.2) is 48.5 Å². The minimum atomic E-state index is -0.169. The summed E-state index contributed by atoms with van der Waals surface area (Å²) in [7, 11) is 0. The van der Waals surface area contributed by atoms with Crippen LogP contribution < -0.4 is 16.0 Å². The van der Waals surface area contributed by atoms with Crippen molar-refractivity contribution in [1.82, 2.24) is 16.0 Å². The molecule has 2 atom stereocenters. The molecule has 0 aliphatic carbocycles. The van der Waals surface area contributed by atoms with Gasteiger partial charge in [0.25, 0.3) is 0 Å². The molecule has 2 aromatic carbocycles. The molecule has 2 amide bonds. The van der Waals surface area contributed by atoms with Gasteiger partial charge in [-0.3, -0.25) is 0 Å². The van der Waals surface area contributed by atoms with Gasteiger partial charge in [-0.2, -0.15) is 0 Å². The maximum atomic E-state index is 11.9. The molecule has 3 N–H and O–H groups in total. The largest absolute Gasteiger partial charge is 0.373 e. The normalized spacial score (nSPS) is 19.2. The zero-order valence-corrected chi connectivity index (χ0v) is 17.1. The number of carbonyl (C=O) groups excluding carboxylic acids is 1. The molecule has 7 heteroatoms. The predicted molar refractivity (Wildman–Crippen MR) is 113 cm³/mol. The fourth-order valence-electron chi connectivity index (χ4n) is 3.12. The number of halogens is 2. The standard InChI is InChI=1S/C21H25Cl2N3O2/c22-19-7-6-16(11-20(19)23)10-17-14-28-18(12-25-17)13-26-21(27)24-9-8-15-4-2-1-3-5-15/h1-7,11,17-18,25H,8-10,12-14H2,(H2,24,26,27). The topological polar surface area (TPSA) is 62.4 Å². The smallest absolute Gasteiger partial charge is 0.314 e. The van der Waals surface area contributed by atoms with Gasteiger partial charge >= 0.3 is 6.03 Å². The lowest BCUT2D eigenvalue weighted by Gasteiger charge is -2.30. The van der Waals surface area contributed by atoms with E-state index in [1.54, 1.807) is 0 Å². The van der Waals surface area contributed by atoms with Crippen molar-refractivity contribution in [1.29, 1.82) is 0 Å². The molecule has 2 unspecified atom stereocenters. The lowest BCUT2D eigenvalue weighted by atomic mass is 10.1. The predicted octanol–water partition coefficient (Wildman–Crippen LogP) is 3.43. The maximum Gasteiger partial charge on any atom is 0.314 e. The molecule has 1 heterocycles. The molecule has 1 fully saturated rings. The van der Waals surface area contributed by atoms with Crippen molar-refractivity contribution in [3.63, 3.8) is 0 Å². The monoisotopic (exact) mass is 421 g/mol. The molecular weight excluding hydrogens is 397 g/mol. The van der Waals surface area contributed by atoms with E-state index in [2.05, 4.69) is 28.1 Å². The van der Waals surface area contributed by atoms with Gasteiger partial charge in [-0.15, -0.1) is 0 Å². The number of carbonyl (C=O) groups is 1. The van der Waals surface area contributed by atoms with Gasteiger partial charge < -0.3 is 20.7 Å². The number of ether oxygens (including phenoxy) is 1. The first-order valence-electron chi connectivity index (χ1n) is 9.44. The van der Waals surface area contributed by atoms with E-state index in [-0.39, 0.29) is 18.2 Å². The summed E-state index contributed by atoms with van der Waals surface area (Å²) >= 11 is 12.0. The van der Waals surface area contributed by atoms with Crippen LogP contribution in [0.5, 0.6) is 0 Å². The number of amides is 2. The van der Waals surface area contributed by atoms with Crippen molar-refractivity contribution < 1.29 is 9.53 Å². The number of benzene rings is 2. The fraction of sp³-hybridized carbons (Fsp3) is 0.381. The summed E-state index contributed by atoms with van der Waals surface area (Å²) in [6, 6.07) is 15.8. The van der Waals surface area contributed by atoms with Crippen LogP contribution in [0.25, 0.3) is 0 Å². The molecule has 0 saturated carbocycles. The van der Waals surface area contributed by atoms with Crippen LogP contribution in [0, 0.1) is 0 Å². The zero-order chi connectivity index (χ0) is 19.8. The molecule has 0 radical (unpaired) electrons. The Labute approximate surface area is 175 Å². The first-order chi connectivity index (χ1) is 13.6. The van der Waals surface area contributed by atoms with Crippen LogP contribution in [-0.2, 0) is 17.6 Å². The summed E-state index contributed by atoms with van der Waals surface area (Å²) < 4.78 is 5.88. The minimum absolute atomic E-state index is 0.0371. The molecule has 150 valence electrons. The van der Waals surface area contributed by atoms with Crippen LogP contribution >= 0.6 is 23.2 Å². The van der Waals surface area contributed by atoms with E-state index in [4.69, 9.17) is 27.9 Å². The molecule has 0 bridgehead atoms. The van der Waals surface area contributed by atoms with E-state index in [0.717, 1.165) is 18.4 Å². The Morgan fingerprint density at radius 3 is 2.61 bits per heavy atom. The summed E-state index contributed by atoms with van der Waals surface area (Å²) in [5.74, 6) is 0. The van der Waals surface area contributed by atoms with Crippen LogP contribution in [-0.4, -0.2) is 44.4 Å². The lowest BCUT2D eigenvalue weighted by Crippen LogP contribution is -2.52. The van der Waals surface area contributed by atoms with Crippen molar-refractivity contribution in [3.8, 4) is 0 Å². The molecule has 1 aliphatic rings. The number of hydrogen-bond donors (Lipinski definition) is 3. The van der Waals surface area contributed by atoms with Gasteiger partial charge in [-0.1, -0.05) is 59.6 Å². The number of urea groups is 1. The highest BCUT2D eigenvalue weighted by molar-refractivity contribution is 6.42. The first kappa shape index (κ1) is 20.9. The Balaban J connectivity index is 1.30. The highest BCUT2D eigenvalue weighted by Crippen LogP contribution is 2.23. The molecule has 5 nitrogen and oxygen atoms in total. The van der Waals surface area contributed by atoms with Gasteiger partial charge in [0.1, 0.15) is 0 Å². The zero-order valence-electron chi connectivity index (χ0n) is 15.6. The molecule has 1 aliphatic heterocycles. The second-order valence-corrected chi connectivity index (χ2v) is 7.70. The molecule has 28 heavy (non-hydrogen) atoms. The highest BCUT2D eigenvalue weighted by atomic mass is 35.5. The van der Waals surface area contributed by atoms with Gasteiger partial charge in [0.15, 0.2) is 0 Å². The highest BCUT2D eigenvalue weighted by Gasteiger charge is 2.21. The lowest BCUT2D eigenvalue weighted by molar-refractivity contribution is 0.00666. The summed E-state index contributed by atoms with van der Waals surface area (Å²) in [6.07, 6.45) is 1.59. The van der Waals surface area contributed by atoms with Crippen LogP contribution in [0.1, 0.15) is 11.1 Å². The number of morpholine rings is 1. The van der Waals surface area contributed by atoms with E-state index in [9.17, 15) is 4.79 Å². The summed E-state index contributed by atoms with van der Waals surface area (Å²) in [5.41, 5.74) is 2.32. The minimum Gasteiger partial charge on any atom is -0.373 e. The number of hydrogen-bond acceptors (Lipinski definition) is 3. The molecule has 3 rings (SSSR count). The second-order valence-electron chi connectivity index (χ2n) is 6.89. The quantitative estimate of drug-likeness (QED) is 0.641. The molecule has 0 aromatic heterocycles. The molecular formula is C21H25Cl2N3O2. The van der Waals surface area contributed by atoms with Crippen molar-refractivity contribution in [3.05, 3.63) is 69.7 Å². The van der Waals surface area contributed by atoms with Crippen LogP contribution in [0.2, 0.25) is 10.0 Å². The summed E-state index contributed by atoms with van der Waals surface area (Å²) in [6.45, 7) is 2.35. The van der Waals surface area contributed by atoms with E-state index >= 15 is 0 Å². The third-order valence-corrected chi connectivity index (χ3v) is 5.40. The number of rotatable bonds is 7. The second kappa shape index (κ2) is 10.7. The Morgan fingerprint density at radius 2 is 1.89 bits per heavy atom. The van der Waals surface area contributed by atoms with Crippen molar-refractivity contribution >= 4 is 29.2 Å². The Morgan fingerprint density at radius 1 is 1.07 bits per heavy atom. The summed E-state index contributed by atoms with van der Waals surface area (Å²) in [4.78, 5) is 11.9. The van der Waals surface area contributed by atoms with Crippen LogP contribution in [0.3, 0.4) is 0 Å². The Kier molecular flexibility index (Phi) is 7.98. The van der Waals surface area contributed by atoms with E-state index in [1.165, 1.54) is 5.56 Å². The first-order valence-corrected chi connectivity index (χ1v) is 10.2. The molecule has 2 aromatic rings. The van der Waals surface area contributed by atoms with E-state index < -0.39 is 0 Å². The SMILES string of the molecule is O=C(NCCc1ccccc1)NCC1CNC(Cc2ccc(Cl)c(Cl)c2)CO1. The van der Waals surface area contributed by atoms with E-state index in [0.29, 0.717) is 36.3 Å². The number of nitrogens with one attached hydrogen (secondary N) is 3. The summed E-state index contributed by atoms with van der Waals surface area (Å²) in [5, 5.41) is 10.3. The van der Waals surface area contributed by atoms with Gasteiger partial charge in [-0.25, -0.2) is 4.79 Å². The van der Waals surface area contributed by atoms with E-state index in [1.807, 2.05) is 36.4 Å². The van der Waals surface area contributed by atoms with Crippen molar-refractivity contribution in [2.45, 2.75) is 25.0 Å². The average Bonchev–Trinajstić information content (AvgIpc) is 2.71. The third-order valence-electron chi connectivity index (χ3n) is 4.67. The average molecular weight is 422 g/mol. The molecule has 1 saturated heterocycles. The fourth-order valence-corrected chi connectivity index (χ4v) is 3.44. The third kappa shape index (κ3) is 6.67. The molecule has 0 spiro atoms. The van der Waals surface area contributed by atoms with Gasteiger partial charge in [0, 0.05) is 25.7 Å². The Bertz CT molecular complexity index is 766.